The number of aromatic nitrogens is 3. The van der Waals surface area contributed by atoms with Gasteiger partial charge in [0.05, 0.1) is 6.04 Å². The van der Waals surface area contributed by atoms with Crippen molar-refractivity contribution in [1.82, 2.24) is 24.6 Å². The fraction of sp³-hybridized carbons (Fsp3) is 0.550. The van der Waals surface area contributed by atoms with Gasteiger partial charge in [0, 0.05) is 36.1 Å². The number of urea groups is 1. The molecule has 4 rings (SSSR count). The second kappa shape index (κ2) is 9.49. The van der Waals surface area contributed by atoms with E-state index in [-0.39, 0.29) is 12.1 Å². The van der Waals surface area contributed by atoms with Gasteiger partial charge in [-0.05, 0) is 63.0 Å². The Labute approximate surface area is 184 Å². The van der Waals surface area contributed by atoms with Crippen LogP contribution in [-0.2, 0) is 7.05 Å². The van der Waals surface area contributed by atoms with Gasteiger partial charge in [0.2, 0.25) is 0 Å². The molecule has 2 saturated heterocycles. The molecule has 0 saturated carbocycles. The minimum Gasteiger partial charge on any atom is -0.314 e. The van der Waals surface area contributed by atoms with Gasteiger partial charge in [-0.2, -0.15) is 0 Å². The van der Waals surface area contributed by atoms with Gasteiger partial charge in [0.15, 0.2) is 11.0 Å². The minimum absolute atomic E-state index is 0.0316. The molecule has 9 heteroatoms. The highest BCUT2D eigenvalue weighted by atomic mass is 79.9. The number of likely N-dealkylation sites (tertiary alicyclic amines) is 2. The fourth-order valence-electron chi connectivity index (χ4n) is 4.02. The first-order valence-corrected chi connectivity index (χ1v) is 12.0. The van der Waals surface area contributed by atoms with Crippen LogP contribution in [0, 0.1) is 0 Å². The summed E-state index contributed by atoms with van der Waals surface area (Å²) < 4.78 is 3.05. The monoisotopic (exact) mass is 478 g/mol. The third-order valence-corrected chi connectivity index (χ3v) is 7.14. The van der Waals surface area contributed by atoms with Gasteiger partial charge in [-0.15, -0.1) is 10.2 Å². The number of nitrogens with zero attached hydrogens (tertiary/aromatic N) is 5. The van der Waals surface area contributed by atoms with E-state index < -0.39 is 0 Å². The number of hydrogen-bond donors (Lipinski definition) is 1. The summed E-state index contributed by atoms with van der Waals surface area (Å²) in [6.45, 7) is 4.26. The van der Waals surface area contributed by atoms with Crippen LogP contribution in [0.15, 0.2) is 33.9 Å². The van der Waals surface area contributed by atoms with E-state index >= 15 is 0 Å². The molecule has 1 aromatic heterocycles. The number of halogens is 1. The summed E-state index contributed by atoms with van der Waals surface area (Å²) in [7, 11) is 2.01. The number of carbonyl (C=O) groups excluding carboxylic acids is 1. The van der Waals surface area contributed by atoms with Gasteiger partial charge in [-0.3, -0.25) is 0 Å². The molecule has 1 atom stereocenters. The molecule has 2 aromatic rings. The van der Waals surface area contributed by atoms with Gasteiger partial charge in [0.1, 0.15) is 0 Å². The van der Waals surface area contributed by atoms with Crippen LogP contribution in [0.4, 0.5) is 10.5 Å². The van der Waals surface area contributed by atoms with Crippen molar-refractivity contribution in [2.45, 2.75) is 36.9 Å². The normalized spacial score (nSPS) is 19.8. The zero-order valence-corrected chi connectivity index (χ0v) is 19.1. The van der Waals surface area contributed by atoms with Crippen LogP contribution in [0.1, 0.15) is 37.5 Å². The lowest BCUT2D eigenvalue weighted by atomic mass is 10.2. The minimum atomic E-state index is -0.0824. The molecule has 156 valence electrons. The Bertz CT molecular complexity index is 836. The van der Waals surface area contributed by atoms with E-state index in [0.717, 1.165) is 52.8 Å². The van der Waals surface area contributed by atoms with E-state index in [4.69, 9.17) is 0 Å². The van der Waals surface area contributed by atoms with Crippen LogP contribution in [0.3, 0.4) is 0 Å². The van der Waals surface area contributed by atoms with E-state index in [9.17, 15) is 4.79 Å². The second-order valence-electron chi connectivity index (χ2n) is 7.59. The number of benzene rings is 1. The van der Waals surface area contributed by atoms with Gasteiger partial charge in [0.25, 0.3) is 0 Å². The molecule has 0 bridgehead atoms. The first-order valence-electron chi connectivity index (χ1n) is 10.2. The average Bonchev–Trinajstić information content (AvgIpc) is 3.45. The lowest BCUT2D eigenvalue weighted by Gasteiger charge is -2.24. The van der Waals surface area contributed by atoms with Crippen LogP contribution in [0.2, 0.25) is 0 Å². The molecule has 2 amide bonds. The number of nitrogens with one attached hydrogen (secondary N) is 1. The van der Waals surface area contributed by atoms with Crippen LogP contribution >= 0.6 is 27.7 Å². The SMILES string of the molecule is Cn1c(SCCN2CCCC2)nnc1C1CCCN1C(=O)Nc1ccc(Br)cc1. The topological polar surface area (TPSA) is 66.3 Å². The van der Waals surface area contributed by atoms with Crippen molar-refractivity contribution in [3.05, 3.63) is 34.6 Å². The highest BCUT2D eigenvalue weighted by Gasteiger charge is 2.33. The Morgan fingerprint density at radius 1 is 1.17 bits per heavy atom. The maximum Gasteiger partial charge on any atom is 0.322 e. The van der Waals surface area contributed by atoms with E-state index in [1.165, 1.54) is 25.9 Å². The predicted octanol–water partition coefficient (Wildman–Crippen LogP) is 4.13. The zero-order valence-electron chi connectivity index (χ0n) is 16.7. The summed E-state index contributed by atoms with van der Waals surface area (Å²) in [5, 5.41) is 12.8. The van der Waals surface area contributed by atoms with Crippen LogP contribution < -0.4 is 5.32 Å². The molecule has 0 aliphatic carbocycles. The maximum absolute atomic E-state index is 12.9. The van der Waals surface area contributed by atoms with Crippen LogP contribution in [-0.4, -0.2) is 62.5 Å². The molecule has 2 aliphatic heterocycles. The number of thioether (sulfide) groups is 1. The third kappa shape index (κ3) is 4.95. The summed E-state index contributed by atoms with van der Waals surface area (Å²) in [6.07, 6.45) is 4.53. The van der Waals surface area contributed by atoms with Crippen molar-refractivity contribution < 1.29 is 4.79 Å². The number of anilines is 1. The number of hydrogen-bond acceptors (Lipinski definition) is 5. The van der Waals surface area contributed by atoms with E-state index in [2.05, 4.69) is 40.9 Å². The quantitative estimate of drug-likeness (QED) is 0.632. The first kappa shape index (κ1) is 20.7. The van der Waals surface area contributed by atoms with Crippen molar-refractivity contribution in [1.29, 1.82) is 0 Å². The largest absolute Gasteiger partial charge is 0.322 e. The molecule has 1 aromatic carbocycles. The number of amides is 2. The molecule has 0 spiro atoms. The molecule has 2 aliphatic rings. The zero-order chi connectivity index (χ0) is 20.2. The lowest BCUT2D eigenvalue weighted by molar-refractivity contribution is 0.204. The van der Waals surface area contributed by atoms with Crippen LogP contribution in [0.25, 0.3) is 0 Å². The highest BCUT2D eigenvalue weighted by molar-refractivity contribution is 9.10. The molecule has 1 N–H and O–H groups in total. The Kier molecular flexibility index (Phi) is 6.77. The Hall–Kier alpha value is -1.58. The molecular formula is C20H27BrN6OS. The summed E-state index contributed by atoms with van der Waals surface area (Å²) in [4.78, 5) is 17.2. The molecular weight excluding hydrogens is 452 g/mol. The van der Waals surface area contributed by atoms with E-state index in [0.29, 0.717) is 0 Å². The summed E-state index contributed by atoms with van der Waals surface area (Å²) in [6, 6.07) is 7.52. The standard InChI is InChI=1S/C20H27BrN6OS/c1-25-18(23-24-20(25)29-14-13-26-10-2-3-11-26)17-5-4-12-27(17)19(28)22-16-8-6-15(21)7-9-16/h6-9,17H,2-5,10-14H2,1H3,(H,22,28). The van der Waals surface area contributed by atoms with Gasteiger partial charge >= 0.3 is 6.03 Å². The lowest BCUT2D eigenvalue weighted by Crippen LogP contribution is -2.35. The van der Waals surface area contributed by atoms with Gasteiger partial charge in [-0.1, -0.05) is 27.7 Å². The van der Waals surface area contributed by atoms with Crippen molar-refractivity contribution in [3.63, 3.8) is 0 Å². The van der Waals surface area contributed by atoms with E-state index in [1.54, 1.807) is 11.8 Å². The number of carbonyl (C=O) groups is 1. The highest BCUT2D eigenvalue weighted by Crippen LogP contribution is 2.32. The molecule has 1 unspecified atom stereocenters. The number of rotatable bonds is 6. The smallest absolute Gasteiger partial charge is 0.314 e. The third-order valence-electron chi connectivity index (χ3n) is 5.61. The Morgan fingerprint density at radius 3 is 2.69 bits per heavy atom. The van der Waals surface area contributed by atoms with Crippen molar-refractivity contribution in [2.75, 3.05) is 37.2 Å². The van der Waals surface area contributed by atoms with E-state index in [1.807, 2.05) is 36.2 Å². The molecule has 7 nitrogen and oxygen atoms in total. The van der Waals surface area contributed by atoms with Gasteiger partial charge < -0.3 is 19.7 Å². The second-order valence-corrected chi connectivity index (χ2v) is 9.56. The average molecular weight is 479 g/mol. The fourth-order valence-corrected chi connectivity index (χ4v) is 5.20. The molecule has 3 heterocycles. The Balaban J connectivity index is 1.38. The Morgan fingerprint density at radius 2 is 1.93 bits per heavy atom. The molecule has 0 radical (unpaired) electrons. The summed E-state index contributed by atoms with van der Waals surface area (Å²) in [5.74, 6) is 1.89. The van der Waals surface area contributed by atoms with Gasteiger partial charge in [-0.25, -0.2) is 4.79 Å². The van der Waals surface area contributed by atoms with Crippen molar-refractivity contribution in [3.8, 4) is 0 Å². The van der Waals surface area contributed by atoms with Crippen molar-refractivity contribution in [2.24, 2.45) is 7.05 Å². The predicted molar refractivity (Wildman–Crippen MR) is 119 cm³/mol. The van der Waals surface area contributed by atoms with Crippen molar-refractivity contribution >= 4 is 39.4 Å². The molecule has 2 fully saturated rings. The summed E-state index contributed by atoms with van der Waals surface area (Å²) >= 11 is 5.17. The first-order chi connectivity index (χ1) is 14.1. The maximum atomic E-state index is 12.9. The summed E-state index contributed by atoms with van der Waals surface area (Å²) in [5.41, 5.74) is 0.792. The van der Waals surface area contributed by atoms with Crippen LogP contribution in [0.5, 0.6) is 0 Å². The molecule has 29 heavy (non-hydrogen) atoms.